The highest BCUT2D eigenvalue weighted by Gasteiger charge is 2.43. The average Bonchev–Trinajstić information content (AvgIpc) is 2.86. The van der Waals surface area contributed by atoms with Gasteiger partial charge in [0.1, 0.15) is 0 Å². The number of rotatable bonds is 5. The Morgan fingerprint density at radius 3 is 2.45 bits per heavy atom. The molecule has 0 bridgehead atoms. The normalized spacial score (nSPS) is 17.5. The second kappa shape index (κ2) is 7.85. The summed E-state index contributed by atoms with van der Waals surface area (Å²) in [5, 5.41) is 2.44. The van der Waals surface area contributed by atoms with Crippen LogP contribution in [0.4, 0.5) is 14.5 Å². The van der Waals surface area contributed by atoms with Crippen LogP contribution in [0.2, 0.25) is 0 Å². The number of amides is 1. The van der Waals surface area contributed by atoms with Crippen LogP contribution in [0.5, 0.6) is 23.0 Å². The van der Waals surface area contributed by atoms with Gasteiger partial charge in [0.05, 0.1) is 24.2 Å². The summed E-state index contributed by atoms with van der Waals surface area (Å²) in [6, 6.07) is 6.67. The molecule has 0 saturated carbocycles. The maximum Gasteiger partial charge on any atom is 0.586 e. The van der Waals surface area contributed by atoms with E-state index in [0.717, 1.165) is 6.07 Å². The second-order valence-electron chi connectivity index (χ2n) is 6.82. The highest BCUT2D eigenvalue weighted by Crippen LogP contribution is 2.42. The number of sulfonamides is 1. The molecule has 9 nitrogen and oxygen atoms in total. The highest BCUT2D eigenvalue weighted by atomic mass is 32.2. The number of fused-ring (bicyclic) bond motifs is 2. The van der Waals surface area contributed by atoms with E-state index in [4.69, 9.17) is 9.47 Å². The van der Waals surface area contributed by atoms with Crippen molar-refractivity contribution in [2.45, 2.75) is 30.6 Å². The first-order valence-corrected chi connectivity index (χ1v) is 10.7. The molecule has 0 aromatic heterocycles. The second-order valence-corrected chi connectivity index (χ2v) is 8.53. The third kappa shape index (κ3) is 4.64. The number of hydrogen-bond acceptors (Lipinski definition) is 7. The van der Waals surface area contributed by atoms with E-state index in [1.165, 1.54) is 37.3 Å². The summed E-state index contributed by atoms with van der Waals surface area (Å²) >= 11 is 0. The lowest BCUT2D eigenvalue weighted by Crippen LogP contribution is -2.41. The summed E-state index contributed by atoms with van der Waals surface area (Å²) in [4.78, 5) is 12.3. The number of nitrogens with one attached hydrogen (secondary N) is 2. The van der Waals surface area contributed by atoms with E-state index in [-0.39, 0.29) is 22.1 Å². The summed E-state index contributed by atoms with van der Waals surface area (Å²) in [6.45, 7) is 2.20. The number of benzene rings is 2. The van der Waals surface area contributed by atoms with Gasteiger partial charge in [-0.3, -0.25) is 4.79 Å². The van der Waals surface area contributed by atoms with Crippen molar-refractivity contribution >= 4 is 21.6 Å². The van der Waals surface area contributed by atoms with Crippen molar-refractivity contribution in [2.24, 2.45) is 0 Å². The van der Waals surface area contributed by atoms with Crippen LogP contribution < -0.4 is 29.0 Å². The van der Waals surface area contributed by atoms with Crippen LogP contribution in [0.15, 0.2) is 41.3 Å². The van der Waals surface area contributed by atoms with Gasteiger partial charge < -0.3 is 24.3 Å². The minimum Gasteiger partial charge on any atom is -0.490 e. The van der Waals surface area contributed by atoms with Crippen LogP contribution in [0.25, 0.3) is 0 Å². The van der Waals surface area contributed by atoms with E-state index in [1.807, 2.05) is 0 Å². The minimum absolute atomic E-state index is 0.0956. The van der Waals surface area contributed by atoms with Crippen LogP contribution in [-0.4, -0.2) is 39.9 Å². The van der Waals surface area contributed by atoms with Gasteiger partial charge in [-0.05, 0) is 31.2 Å². The maximum atomic E-state index is 13.1. The van der Waals surface area contributed by atoms with Crippen molar-refractivity contribution in [1.29, 1.82) is 0 Å². The first-order valence-electron chi connectivity index (χ1n) is 9.26. The first-order chi connectivity index (χ1) is 14.6. The van der Waals surface area contributed by atoms with Gasteiger partial charge in [0.2, 0.25) is 15.9 Å². The summed E-state index contributed by atoms with van der Waals surface area (Å²) in [5.74, 6) is -0.386. The van der Waals surface area contributed by atoms with Gasteiger partial charge in [-0.1, -0.05) is 0 Å². The summed E-state index contributed by atoms with van der Waals surface area (Å²) in [6.07, 6.45) is -3.11. The van der Waals surface area contributed by atoms with Crippen LogP contribution in [0.3, 0.4) is 0 Å². The van der Waals surface area contributed by atoms with Crippen molar-refractivity contribution in [1.82, 2.24) is 4.72 Å². The Morgan fingerprint density at radius 2 is 1.68 bits per heavy atom. The summed E-state index contributed by atoms with van der Waals surface area (Å²) in [5.41, 5.74) is 0.131. The van der Waals surface area contributed by atoms with E-state index in [2.05, 4.69) is 19.5 Å². The Balaban J connectivity index is 1.44. The molecule has 2 N–H and O–H groups in total. The Bertz CT molecular complexity index is 1120. The Labute approximate surface area is 176 Å². The maximum absolute atomic E-state index is 13.1. The average molecular weight is 456 g/mol. The van der Waals surface area contributed by atoms with Gasteiger partial charge in [0.15, 0.2) is 23.0 Å². The SMILES string of the molecule is CC(NS(=O)(=O)c1ccc2c(c1)OCCCO2)C(=O)Nc1ccc2c(c1)OC(F)(F)O2. The molecule has 1 amide bonds. The van der Waals surface area contributed by atoms with Crippen LogP contribution in [-0.2, 0) is 14.8 Å². The number of halogens is 2. The molecule has 0 fully saturated rings. The van der Waals surface area contributed by atoms with Crippen molar-refractivity contribution in [2.75, 3.05) is 18.5 Å². The fraction of sp³-hybridized carbons (Fsp3) is 0.316. The van der Waals surface area contributed by atoms with Crippen molar-refractivity contribution in [3.8, 4) is 23.0 Å². The van der Waals surface area contributed by atoms with Gasteiger partial charge in [0, 0.05) is 24.2 Å². The molecule has 0 spiro atoms. The molecule has 166 valence electrons. The largest absolute Gasteiger partial charge is 0.586 e. The van der Waals surface area contributed by atoms with E-state index in [1.54, 1.807) is 0 Å². The highest BCUT2D eigenvalue weighted by molar-refractivity contribution is 7.89. The molecule has 2 heterocycles. The zero-order chi connectivity index (χ0) is 22.2. The molecule has 0 saturated heterocycles. The van der Waals surface area contributed by atoms with Crippen molar-refractivity contribution in [3.63, 3.8) is 0 Å². The topological polar surface area (TPSA) is 112 Å². The lowest BCUT2D eigenvalue weighted by molar-refractivity contribution is -0.286. The van der Waals surface area contributed by atoms with Gasteiger partial charge in [0.25, 0.3) is 0 Å². The molecule has 2 aliphatic heterocycles. The molecule has 31 heavy (non-hydrogen) atoms. The number of anilines is 1. The quantitative estimate of drug-likeness (QED) is 0.711. The van der Waals surface area contributed by atoms with E-state index >= 15 is 0 Å². The lowest BCUT2D eigenvalue weighted by atomic mass is 10.2. The predicted molar refractivity (Wildman–Crippen MR) is 103 cm³/mol. The summed E-state index contributed by atoms with van der Waals surface area (Å²) in [7, 11) is -4.06. The van der Waals surface area contributed by atoms with Crippen LogP contribution >= 0.6 is 0 Å². The first kappa shape index (κ1) is 21.1. The molecule has 1 atom stereocenters. The zero-order valence-electron chi connectivity index (χ0n) is 16.2. The number of carbonyl (C=O) groups excluding carboxylic acids is 1. The molecule has 0 aliphatic carbocycles. The smallest absolute Gasteiger partial charge is 0.490 e. The fourth-order valence-corrected chi connectivity index (χ4v) is 4.16. The van der Waals surface area contributed by atoms with Crippen LogP contribution in [0.1, 0.15) is 13.3 Å². The Morgan fingerprint density at radius 1 is 1.00 bits per heavy atom. The van der Waals surface area contributed by atoms with Gasteiger partial charge in [-0.2, -0.15) is 4.72 Å². The predicted octanol–water partition coefficient (Wildman–Crippen LogP) is 2.47. The number of alkyl halides is 2. The molecule has 0 radical (unpaired) electrons. The lowest BCUT2D eigenvalue weighted by Gasteiger charge is -2.15. The zero-order valence-corrected chi connectivity index (χ0v) is 17.0. The van der Waals surface area contributed by atoms with Gasteiger partial charge in [-0.15, -0.1) is 8.78 Å². The molecular weight excluding hydrogens is 438 g/mol. The van der Waals surface area contributed by atoms with Crippen molar-refractivity contribution in [3.05, 3.63) is 36.4 Å². The monoisotopic (exact) mass is 456 g/mol. The van der Waals surface area contributed by atoms with Gasteiger partial charge >= 0.3 is 6.29 Å². The van der Waals surface area contributed by atoms with E-state index in [0.29, 0.717) is 31.1 Å². The van der Waals surface area contributed by atoms with E-state index < -0.39 is 28.3 Å². The third-order valence-electron chi connectivity index (χ3n) is 4.42. The molecule has 2 aromatic rings. The number of ether oxygens (including phenoxy) is 4. The minimum atomic E-state index is -4.06. The fourth-order valence-electron chi connectivity index (χ4n) is 2.94. The van der Waals surface area contributed by atoms with E-state index in [9.17, 15) is 22.0 Å². The van der Waals surface area contributed by atoms with Crippen LogP contribution in [0, 0.1) is 0 Å². The Kier molecular flexibility index (Phi) is 5.35. The molecular formula is C19H18F2N2O7S. The molecule has 1 unspecified atom stereocenters. The van der Waals surface area contributed by atoms with Crippen molar-refractivity contribution < 1.29 is 40.9 Å². The molecule has 2 aliphatic rings. The third-order valence-corrected chi connectivity index (χ3v) is 5.96. The number of hydrogen-bond donors (Lipinski definition) is 2. The number of carbonyl (C=O) groups is 1. The standard InChI is InChI=1S/C19H18F2N2O7S/c1-11(18(24)22-12-3-5-15-17(9-12)30-19(20,21)29-15)23-31(25,26)13-4-6-14-16(10-13)28-8-2-7-27-14/h3-6,9-11,23H,2,7-8H2,1H3,(H,22,24). The summed E-state index contributed by atoms with van der Waals surface area (Å²) < 4.78 is 73.4. The van der Waals surface area contributed by atoms with Gasteiger partial charge in [-0.25, -0.2) is 8.42 Å². The Hall–Kier alpha value is -3.12. The molecule has 2 aromatic carbocycles. The molecule has 12 heteroatoms. The molecule has 4 rings (SSSR count).